The van der Waals surface area contributed by atoms with E-state index in [1.54, 1.807) is 12.1 Å². The summed E-state index contributed by atoms with van der Waals surface area (Å²) in [6, 6.07) is 5.33. The number of hydrogen-bond donors (Lipinski definition) is 0. The molecule has 5 heteroatoms. The van der Waals surface area contributed by atoms with Crippen LogP contribution in [0.4, 0.5) is 0 Å². The molecule has 0 saturated carbocycles. The fraction of sp³-hybridized carbons (Fsp3) is 0.143. The van der Waals surface area contributed by atoms with Crippen LogP contribution in [-0.4, -0.2) is 6.00 Å². The third kappa shape index (κ3) is 4.01. The Morgan fingerprint density at radius 3 is 1.92 bits per heavy atom. The number of rotatable bonds is 2. The second-order valence-corrected chi connectivity index (χ2v) is 12.0. The van der Waals surface area contributed by atoms with Crippen LogP contribution in [0.3, 0.4) is 0 Å². The van der Waals surface area contributed by atoms with Gasteiger partial charge >= 0.3 is 6.00 Å². The van der Waals surface area contributed by atoms with E-state index in [-0.39, 0.29) is 0 Å². The third-order valence-corrected chi connectivity index (χ3v) is 3.58. The average Bonchev–Trinajstić information content (AvgIpc) is 1.91. The smallest absolute Gasteiger partial charge is 0.126 e. The highest BCUT2D eigenvalue weighted by Crippen LogP contribution is 2.25. The van der Waals surface area contributed by atoms with Gasteiger partial charge in [0.05, 0.1) is 0 Å². The van der Waals surface area contributed by atoms with Gasteiger partial charge in [-0.3, -0.25) is 0 Å². The molecule has 1 aromatic carbocycles. The first kappa shape index (κ1) is 10.7. The summed E-state index contributed by atoms with van der Waals surface area (Å²) in [5.41, 5.74) is 1.02. The van der Waals surface area contributed by atoms with Gasteiger partial charge in [-0.2, -0.15) is 0 Å². The van der Waals surface area contributed by atoms with Crippen molar-refractivity contribution in [2.45, 2.75) is 6.04 Å². The summed E-state index contributed by atoms with van der Waals surface area (Å²) >= 11 is 22.9. The van der Waals surface area contributed by atoms with E-state index in [1.165, 1.54) is 0 Å². The van der Waals surface area contributed by atoms with Gasteiger partial charge in [0.15, 0.2) is 0 Å². The molecule has 0 bridgehead atoms. The predicted molar refractivity (Wildman–Crippen MR) is 58.5 cm³/mol. The fourth-order valence-electron chi connectivity index (χ4n) is 0.834. The van der Waals surface area contributed by atoms with Crippen LogP contribution in [0.15, 0.2) is 24.3 Å². The van der Waals surface area contributed by atoms with Gasteiger partial charge < -0.3 is 0 Å². The van der Waals surface area contributed by atoms with Crippen molar-refractivity contribution in [2.24, 2.45) is 0 Å². The summed E-state index contributed by atoms with van der Waals surface area (Å²) in [5.74, 6) is 0. The molecule has 0 spiro atoms. The summed E-state index contributed by atoms with van der Waals surface area (Å²) in [6.07, 6.45) is 0. The summed E-state index contributed by atoms with van der Waals surface area (Å²) < 4.78 is 0. The lowest BCUT2D eigenvalue weighted by Gasteiger charge is -2.06. The van der Waals surface area contributed by atoms with Crippen LogP contribution in [0.2, 0.25) is 5.02 Å². The van der Waals surface area contributed by atoms with Crippen LogP contribution in [0, 0.1) is 0 Å². The zero-order chi connectivity index (χ0) is 9.19. The van der Waals surface area contributed by atoms with Crippen LogP contribution in [-0.2, 0) is 6.04 Å². The maximum atomic E-state index is 5.74. The predicted octanol–water partition coefficient (Wildman–Crippen LogP) is 4.08. The second-order valence-electron chi connectivity index (χ2n) is 2.42. The molecule has 0 aromatic heterocycles. The molecule has 66 valence electrons. The highest BCUT2D eigenvalue weighted by molar-refractivity contribution is 7.64. The monoisotopic (exact) mass is 258 g/mol. The van der Waals surface area contributed by atoms with Gasteiger partial charge in [-0.15, -0.1) is 33.2 Å². The number of hydrogen-bond acceptors (Lipinski definition) is 0. The minimum Gasteiger partial charge on any atom is -0.126 e. The van der Waals surface area contributed by atoms with Crippen molar-refractivity contribution in [1.29, 1.82) is 0 Å². The van der Waals surface area contributed by atoms with E-state index >= 15 is 0 Å². The first-order valence-corrected chi connectivity index (χ1v) is 8.91. The SMILES string of the molecule is Clc1ccc(C[Si](Cl)(Cl)Cl)cc1. The van der Waals surface area contributed by atoms with E-state index in [1.807, 2.05) is 12.1 Å². The van der Waals surface area contributed by atoms with Crippen molar-refractivity contribution >= 4 is 50.8 Å². The molecule has 0 aliphatic heterocycles. The lowest BCUT2D eigenvalue weighted by Crippen LogP contribution is -2.13. The average molecular weight is 260 g/mol. The Kier molecular flexibility index (Phi) is 3.74. The van der Waals surface area contributed by atoms with Crippen molar-refractivity contribution in [3.8, 4) is 0 Å². The number of halogens is 4. The maximum absolute atomic E-state index is 5.74. The first-order valence-electron chi connectivity index (χ1n) is 3.28. The Bertz CT molecular complexity index is 251. The van der Waals surface area contributed by atoms with Crippen LogP contribution in [0.1, 0.15) is 5.56 Å². The van der Waals surface area contributed by atoms with Crippen molar-refractivity contribution < 1.29 is 0 Å². The normalized spacial score (nSPS) is 11.7. The second kappa shape index (κ2) is 4.21. The van der Waals surface area contributed by atoms with Gasteiger partial charge in [0.2, 0.25) is 0 Å². The van der Waals surface area contributed by atoms with E-state index in [0.717, 1.165) is 5.56 Å². The molecule has 12 heavy (non-hydrogen) atoms. The van der Waals surface area contributed by atoms with E-state index in [2.05, 4.69) is 0 Å². The van der Waals surface area contributed by atoms with Crippen molar-refractivity contribution in [2.75, 3.05) is 0 Å². The van der Waals surface area contributed by atoms with E-state index in [4.69, 9.17) is 44.8 Å². The van der Waals surface area contributed by atoms with Crippen molar-refractivity contribution in [3.63, 3.8) is 0 Å². The van der Waals surface area contributed by atoms with Gasteiger partial charge in [0, 0.05) is 11.1 Å². The highest BCUT2D eigenvalue weighted by atomic mass is 35.8. The number of benzene rings is 1. The molecule has 0 atom stereocenters. The van der Waals surface area contributed by atoms with E-state index < -0.39 is 6.00 Å². The van der Waals surface area contributed by atoms with Gasteiger partial charge in [-0.25, -0.2) is 0 Å². The summed E-state index contributed by atoms with van der Waals surface area (Å²) in [5, 5.41) is 0.699. The summed E-state index contributed by atoms with van der Waals surface area (Å²) in [6.45, 7) is 0. The van der Waals surface area contributed by atoms with Crippen LogP contribution >= 0.6 is 44.8 Å². The molecule has 0 aliphatic rings. The quantitative estimate of drug-likeness (QED) is 0.555. The Balaban J connectivity index is 2.71. The molecule has 0 aliphatic carbocycles. The standard InChI is InChI=1S/C7H6Cl4Si/c8-7-3-1-6(2-4-7)5-12(9,10)11/h1-4H,5H2. The zero-order valence-electron chi connectivity index (χ0n) is 6.03. The largest absolute Gasteiger partial charge is 0.345 e. The minimum atomic E-state index is -2.54. The lowest BCUT2D eigenvalue weighted by atomic mass is 10.2. The van der Waals surface area contributed by atoms with E-state index in [9.17, 15) is 0 Å². The summed E-state index contributed by atoms with van der Waals surface area (Å²) in [4.78, 5) is 0. The lowest BCUT2D eigenvalue weighted by molar-refractivity contribution is 1.39. The molecule has 0 heterocycles. The topological polar surface area (TPSA) is 0 Å². The minimum absolute atomic E-state index is 0.537. The third-order valence-electron chi connectivity index (χ3n) is 1.32. The Labute approximate surface area is 91.5 Å². The van der Waals surface area contributed by atoms with Crippen LogP contribution in [0.5, 0.6) is 0 Å². The Hall–Kier alpha value is 0.597. The van der Waals surface area contributed by atoms with Gasteiger partial charge in [0.25, 0.3) is 0 Å². The highest BCUT2D eigenvalue weighted by Gasteiger charge is 2.24. The first-order chi connectivity index (χ1) is 5.47. The molecule has 0 unspecified atom stereocenters. The molecule has 0 N–H and O–H groups in total. The van der Waals surface area contributed by atoms with E-state index in [0.29, 0.717) is 11.1 Å². The maximum Gasteiger partial charge on any atom is 0.345 e. The molecule has 1 aromatic rings. The molecule has 0 nitrogen and oxygen atoms in total. The molecule has 0 saturated heterocycles. The van der Waals surface area contributed by atoms with Crippen LogP contribution in [0.25, 0.3) is 0 Å². The van der Waals surface area contributed by atoms with Gasteiger partial charge in [-0.1, -0.05) is 23.7 Å². The Morgan fingerprint density at radius 2 is 1.50 bits per heavy atom. The van der Waals surface area contributed by atoms with Crippen molar-refractivity contribution in [1.82, 2.24) is 0 Å². The van der Waals surface area contributed by atoms with Crippen molar-refractivity contribution in [3.05, 3.63) is 34.9 Å². The Morgan fingerprint density at radius 1 is 1.00 bits per heavy atom. The fourth-order valence-corrected chi connectivity index (χ4v) is 3.05. The zero-order valence-corrected chi connectivity index (χ0v) is 10.1. The molecule has 0 radical (unpaired) electrons. The molecule has 1 rings (SSSR count). The summed E-state index contributed by atoms with van der Waals surface area (Å²) in [7, 11) is 0. The van der Waals surface area contributed by atoms with Gasteiger partial charge in [0.1, 0.15) is 0 Å². The molecule has 0 amide bonds. The molecule has 0 fully saturated rings. The molecular weight excluding hydrogens is 254 g/mol. The van der Waals surface area contributed by atoms with Crippen LogP contribution < -0.4 is 0 Å². The van der Waals surface area contributed by atoms with Gasteiger partial charge in [-0.05, 0) is 17.7 Å². The molecular formula is C7H6Cl4Si.